The molecule has 2 aliphatic heterocycles. The molecule has 0 saturated carbocycles. The van der Waals surface area contributed by atoms with Crippen LogP contribution in [0.5, 0.6) is 0 Å². The average Bonchev–Trinajstić information content (AvgIpc) is 2.35. The molecule has 1 saturated heterocycles. The lowest BCUT2D eigenvalue weighted by atomic mass is 9.88. The Labute approximate surface area is 117 Å². The highest BCUT2D eigenvalue weighted by atomic mass is 35.5. The van der Waals surface area contributed by atoms with E-state index < -0.39 is 0 Å². The second-order valence-electron chi connectivity index (χ2n) is 5.33. The van der Waals surface area contributed by atoms with Gasteiger partial charge in [-0.25, -0.2) is 0 Å². The SMILES string of the molecule is CN1CCC2(CC1)CC(=O)c1cc(Cl)ccc1S2. The summed E-state index contributed by atoms with van der Waals surface area (Å²) < 4.78 is 0.129. The Morgan fingerprint density at radius 1 is 1.33 bits per heavy atom. The number of Topliss-reactive ketones (excluding diaryl/α,β-unsaturated/α-hetero) is 1. The van der Waals surface area contributed by atoms with Crippen molar-refractivity contribution in [1.29, 1.82) is 0 Å². The van der Waals surface area contributed by atoms with Gasteiger partial charge in [0.1, 0.15) is 0 Å². The number of likely N-dealkylation sites (tertiary alicyclic amines) is 1. The van der Waals surface area contributed by atoms with E-state index in [4.69, 9.17) is 11.6 Å². The maximum atomic E-state index is 12.3. The van der Waals surface area contributed by atoms with Crippen molar-refractivity contribution >= 4 is 29.1 Å². The summed E-state index contributed by atoms with van der Waals surface area (Å²) in [6.07, 6.45) is 2.86. The number of carbonyl (C=O) groups is 1. The van der Waals surface area contributed by atoms with Crippen molar-refractivity contribution in [2.75, 3.05) is 20.1 Å². The number of ketones is 1. The van der Waals surface area contributed by atoms with Gasteiger partial charge in [-0.3, -0.25) is 4.79 Å². The predicted molar refractivity (Wildman–Crippen MR) is 75.7 cm³/mol. The van der Waals surface area contributed by atoms with Crippen LogP contribution >= 0.6 is 23.4 Å². The Morgan fingerprint density at radius 3 is 2.78 bits per heavy atom. The minimum absolute atomic E-state index is 0.129. The molecule has 2 nitrogen and oxygen atoms in total. The lowest BCUT2D eigenvalue weighted by Gasteiger charge is -2.42. The van der Waals surface area contributed by atoms with Crippen LogP contribution in [0.25, 0.3) is 0 Å². The van der Waals surface area contributed by atoms with Crippen molar-refractivity contribution in [3.8, 4) is 0 Å². The Hall–Kier alpha value is -0.510. The molecule has 0 N–H and O–H groups in total. The van der Waals surface area contributed by atoms with Crippen LogP contribution in [0.1, 0.15) is 29.6 Å². The second-order valence-corrected chi connectivity index (χ2v) is 7.28. The van der Waals surface area contributed by atoms with Crippen LogP contribution in [0.15, 0.2) is 23.1 Å². The zero-order valence-electron chi connectivity index (χ0n) is 10.4. The monoisotopic (exact) mass is 281 g/mol. The van der Waals surface area contributed by atoms with Gasteiger partial charge in [0, 0.05) is 26.6 Å². The summed E-state index contributed by atoms with van der Waals surface area (Å²) >= 11 is 7.86. The molecule has 2 aliphatic rings. The molecule has 0 atom stereocenters. The maximum Gasteiger partial charge on any atom is 0.165 e. The van der Waals surface area contributed by atoms with Crippen LogP contribution < -0.4 is 0 Å². The molecular weight excluding hydrogens is 266 g/mol. The molecule has 0 aromatic heterocycles. The highest BCUT2D eigenvalue weighted by Crippen LogP contribution is 2.49. The zero-order valence-corrected chi connectivity index (χ0v) is 12.0. The summed E-state index contributed by atoms with van der Waals surface area (Å²) in [7, 11) is 2.15. The minimum atomic E-state index is 0.129. The molecular formula is C14H16ClNOS. The Morgan fingerprint density at radius 2 is 2.06 bits per heavy atom. The van der Waals surface area contributed by atoms with Gasteiger partial charge in [-0.15, -0.1) is 11.8 Å². The molecule has 0 aliphatic carbocycles. The smallest absolute Gasteiger partial charge is 0.165 e. The summed E-state index contributed by atoms with van der Waals surface area (Å²) in [6, 6.07) is 5.70. The Kier molecular flexibility index (Phi) is 3.16. The fourth-order valence-corrected chi connectivity index (χ4v) is 4.42. The van der Waals surface area contributed by atoms with Crippen LogP contribution in [-0.4, -0.2) is 35.6 Å². The third-order valence-electron chi connectivity index (χ3n) is 3.95. The van der Waals surface area contributed by atoms with Gasteiger partial charge in [-0.1, -0.05) is 11.6 Å². The highest BCUT2D eigenvalue weighted by Gasteiger charge is 2.41. The van der Waals surface area contributed by atoms with Crippen molar-refractivity contribution in [3.05, 3.63) is 28.8 Å². The third kappa shape index (κ3) is 2.20. The molecule has 2 heterocycles. The number of thioether (sulfide) groups is 1. The van der Waals surface area contributed by atoms with Crippen LogP contribution in [0.2, 0.25) is 5.02 Å². The lowest BCUT2D eigenvalue weighted by molar-refractivity contribution is 0.0943. The lowest BCUT2D eigenvalue weighted by Crippen LogP contribution is -2.43. The zero-order chi connectivity index (χ0) is 12.8. The molecule has 18 heavy (non-hydrogen) atoms. The fourth-order valence-electron chi connectivity index (χ4n) is 2.77. The first-order chi connectivity index (χ1) is 8.58. The number of hydrogen-bond donors (Lipinski definition) is 0. The van der Waals surface area contributed by atoms with Gasteiger partial charge >= 0.3 is 0 Å². The summed E-state index contributed by atoms with van der Waals surface area (Å²) in [5.41, 5.74) is 0.817. The van der Waals surface area contributed by atoms with Crippen molar-refractivity contribution in [1.82, 2.24) is 4.90 Å². The van der Waals surface area contributed by atoms with Gasteiger partial charge in [-0.05, 0) is 51.2 Å². The maximum absolute atomic E-state index is 12.3. The van der Waals surface area contributed by atoms with Crippen LogP contribution in [0.3, 0.4) is 0 Å². The summed E-state index contributed by atoms with van der Waals surface area (Å²) in [5.74, 6) is 0.260. The van der Waals surface area contributed by atoms with Gasteiger partial charge in [0.2, 0.25) is 0 Å². The molecule has 1 spiro atoms. The average molecular weight is 282 g/mol. The molecule has 4 heteroatoms. The second kappa shape index (κ2) is 4.55. The summed E-state index contributed by atoms with van der Waals surface area (Å²) in [6.45, 7) is 2.17. The summed E-state index contributed by atoms with van der Waals surface area (Å²) in [4.78, 5) is 15.8. The molecule has 3 rings (SSSR count). The number of nitrogens with zero attached hydrogens (tertiary/aromatic N) is 1. The molecule has 1 aromatic rings. The van der Waals surface area contributed by atoms with E-state index >= 15 is 0 Å². The van der Waals surface area contributed by atoms with Gasteiger partial charge in [0.25, 0.3) is 0 Å². The number of benzene rings is 1. The summed E-state index contributed by atoms with van der Waals surface area (Å²) in [5, 5.41) is 0.655. The van der Waals surface area contributed by atoms with E-state index in [0.29, 0.717) is 11.4 Å². The Bertz CT molecular complexity index is 495. The van der Waals surface area contributed by atoms with Crippen LogP contribution in [0, 0.1) is 0 Å². The van der Waals surface area contributed by atoms with E-state index in [1.54, 1.807) is 0 Å². The number of rotatable bonds is 0. The van der Waals surface area contributed by atoms with Crippen molar-refractivity contribution in [2.45, 2.75) is 28.9 Å². The molecule has 96 valence electrons. The standard InChI is InChI=1S/C14H16ClNOS/c1-16-6-4-14(5-7-16)9-12(17)11-8-10(15)2-3-13(11)18-14/h2-3,8H,4-7,9H2,1H3. The fraction of sp³-hybridized carbons (Fsp3) is 0.500. The Balaban J connectivity index is 1.92. The molecule has 0 radical (unpaired) electrons. The van der Waals surface area contributed by atoms with E-state index in [2.05, 4.69) is 11.9 Å². The number of piperidine rings is 1. The van der Waals surface area contributed by atoms with E-state index in [1.165, 1.54) is 0 Å². The minimum Gasteiger partial charge on any atom is -0.306 e. The van der Waals surface area contributed by atoms with E-state index in [9.17, 15) is 4.79 Å². The van der Waals surface area contributed by atoms with Crippen LogP contribution in [-0.2, 0) is 0 Å². The third-order valence-corrected chi connectivity index (χ3v) is 5.75. The molecule has 0 amide bonds. The van der Waals surface area contributed by atoms with Crippen molar-refractivity contribution < 1.29 is 4.79 Å². The normalized spacial score (nSPS) is 23.1. The molecule has 1 fully saturated rings. The van der Waals surface area contributed by atoms with E-state index in [-0.39, 0.29) is 10.5 Å². The van der Waals surface area contributed by atoms with Crippen molar-refractivity contribution in [2.24, 2.45) is 0 Å². The van der Waals surface area contributed by atoms with Crippen LogP contribution in [0.4, 0.5) is 0 Å². The molecule has 1 aromatic carbocycles. The van der Waals surface area contributed by atoms with Gasteiger partial charge < -0.3 is 4.90 Å². The highest BCUT2D eigenvalue weighted by molar-refractivity contribution is 8.01. The number of fused-ring (bicyclic) bond motifs is 1. The van der Waals surface area contributed by atoms with Gasteiger partial charge in [0.15, 0.2) is 5.78 Å². The van der Waals surface area contributed by atoms with Gasteiger partial charge in [0.05, 0.1) is 0 Å². The first kappa shape index (κ1) is 12.5. The number of carbonyl (C=O) groups excluding carboxylic acids is 1. The topological polar surface area (TPSA) is 20.3 Å². The largest absolute Gasteiger partial charge is 0.306 e. The first-order valence-corrected chi connectivity index (χ1v) is 7.48. The number of halogens is 1. The van der Waals surface area contributed by atoms with Crippen molar-refractivity contribution in [3.63, 3.8) is 0 Å². The van der Waals surface area contributed by atoms with Gasteiger partial charge in [-0.2, -0.15) is 0 Å². The first-order valence-electron chi connectivity index (χ1n) is 6.28. The van der Waals surface area contributed by atoms with E-state index in [1.807, 2.05) is 30.0 Å². The van der Waals surface area contributed by atoms with E-state index in [0.717, 1.165) is 36.4 Å². The predicted octanol–water partition coefficient (Wildman–Crippen LogP) is 3.48. The number of hydrogen-bond acceptors (Lipinski definition) is 3. The molecule has 0 unspecified atom stereocenters. The quantitative estimate of drug-likeness (QED) is 0.726. The molecule has 0 bridgehead atoms.